The Bertz CT molecular complexity index is 391. The fourth-order valence-electron chi connectivity index (χ4n) is 1.35. The minimum atomic E-state index is -1.04. The fraction of sp³-hybridized carbons (Fsp3) is 0.364. The number of carbonyl (C=O) groups is 1. The quantitative estimate of drug-likeness (QED) is 0.507. The Morgan fingerprint density at radius 2 is 2.12 bits per heavy atom. The molecule has 0 bridgehead atoms. The number of benzene rings is 1. The standard InChI is InChI=1S/C11H16N2O4/c1-16-10(17-2)6-13-9-4-3-7(12)5-8(9)11(14)15/h3-5,10,13H,6,12H2,1-2H3,(H,14,15). The molecule has 17 heavy (non-hydrogen) atoms. The monoisotopic (exact) mass is 240 g/mol. The van der Waals surface area contributed by atoms with Crippen molar-refractivity contribution >= 4 is 17.3 Å². The van der Waals surface area contributed by atoms with Crippen LogP contribution >= 0.6 is 0 Å². The van der Waals surface area contributed by atoms with Gasteiger partial charge in [-0.25, -0.2) is 4.79 Å². The summed E-state index contributed by atoms with van der Waals surface area (Å²) in [7, 11) is 3.02. The van der Waals surface area contributed by atoms with Crippen LogP contribution in [0.1, 0.15) is 10.4 Å². The molecule has 0 aliphatic rings. The normalized spacial score (nSPS) is 10.5. The molecule has 1 aromatic carbocycles. The maximum absolute atomic E-state index is 11.0. The lowest BCUT2D eigenvalue weighted by atomic mass is 10.1. The first-order chi connectivity index (χ1) is 8.08. The van der Waals surface area contributed by atoms with E-state index < -0.39 is 12.3 Å². The van der Waals surface area contributed by atoms with Gasteiger partial charge in [-0.3, -0.25) is 0 Å². The van der Waals surface area contributed by atoms with Crippen molar-refractivity contribution in [3.8, 4) is 0 Å². The molecule has 94 valence electrons. The van der Waals surface area contributed by atoms with Crippen molar-refractivity contribution in [1.82, 2.24) is 0 Å². The highest BCUT2D eigenvalue weighted by atomic mass is 16.7. The third kappa shape index (κ3) is 3.61. The molecule has 0 amide bonds. The second kappa shape index (κ2) is 6.07. The van der Waals surface area contributed by atoms with Crippen LogP contribution in [-0.4, -0.2) is 38.1 Å². The zero-order valence-electron chi connectivity index (χ0n) is 9.77. The Morgan fingerprint density at radius 1 is 1.47 bits per heavy atom. The second-order valence-electron chi connectivity index (χ2n) is 3.39. The van der Waals surface area contributed by atoms with Gasteiger partial charge >= 0.3 is 5.97 Å². The Hall–Kier alpha value is -1.79. The molecule has 0 aliphatic heterocycles. The van der Waals surface area contributed by atoms with Crippen LogP contribution < -0.4 is 11.1 Å². The zero-order chi connectivity index (χ0) is 12.8. The summed E-state index contributed by atoms with van der Waals surface area (Å²) in [5.74, 6) is -1.04. The largest absolute Gasteiger partial charge is 0.478 e. The average molecular weight is 240 g/mol. The van der Waals surface area contributed by atoms with Crippen LogP contribution in [0.25, 0.3) is 0 Å². The van der Waals surface area contributed by atoms with Crippen LogP contribution in [0, 0.1) is 0 Å². The highest BCUT2D eigenvalue weighted by Crippen LogP contribution is 2.19. The molecule has 0 spiro atoms. The van der Waals surface area contributed by atoms with Crippen LogP contribution in [-0.2, 0) is 9.47 Å². The van der Waals surface area contributed by atoms with Gasteiger partial charge in [-0.05, 0) is 18.2 Å². The first kappa shape index (κ1) is 13.3. The number of rotatable bonds is 6. The van der Waals surface area contributed by atoms with E-state index in [1.165, 1.54) is 20.3 Å². The van der Waals surface area contributed by atoms with Gasteiger partial charge in [-0.1, -0.05) is 0 Å². The van der Waals surface area contributed by atoms with E-state index in [0.29, 0.717) is 17.9 Å². The number of ether oxygens (including phenoxy) is 2. The smallest absolute Gasteiger partial charge is 0.337 e. The zero-order valence-corrected chi connectivity index (χ0v) is 9.77. The Kier molecular flexibility index (Phi) is 4.74. The molecule has 6 nitrogen and oxygen atoms in total. The number of nitrogens with two attached hydrogens (primary N) is 1. The first-order valence-electron chi connectivity index (χ1n) is 5.00. The number of nitrogen functional groups attached to an aromatic ring is 1. The highest BCUT2D eigenvalue weighted by Gasteiger charge is 2.12. The van der Waals surface area contributed by atoms with E-state index in [0.717, 1.165) is 0 Å². The molecular weight excluding hydrogens is 224 g/mol. The molecule has 0 fully saturated rings. The van der Waals surface area contributed by atoms with Crippen LogP contribution in [0.15, 0.2) is 18.2 Å². The number of anilines is 2. The predicted octanol–water partition coefficient (Wildman–Crippen LogP) is 0.998. The Balaban J connectivity index is 2.80. The molecule has 0 radical (unpaired) electrons. The van der Waals surface area contributed by atoms with Gasteiger partial charge in [-0.2, -0.15) is 0 Å². The molecule has 0 atom stereocenters. The van der Waals surface area contributed by atoms with E-state index in [1.807, 2.05) is 0 Å². The maximum atomic E-state index is 11.0. The van der Waals surface area contributed by atoms with E-state index in [4.69, 9.17) is 20.3 Å². The van der Waals surface area contributed by atoms with E-state index in [1.54, 1.807) is 12.1 Å². The number of hydrogen-bond acceptors (Lipinski definition) is 5. The summed E-state index contributed by atoms with van der Waals surface area (Å²) in [5.41, 5.74) is 6.54. The number of carboxylic acid groups (broad SMARTS) is 1. The van der Waals surface area contributed by atoms with E-state index in [-0.39, 0.29) is 5.56 Å². The molecule has 0 aliphatic carbocycles. The summed E-state index contributed by atoms with van der Waals surface area (Å²) in [6.45, 7) is 0.344. The van der Waals surface area contributed by atoms with Crippen LogP contribution in [0.2, 0.25) is 0 Å². The number of hydrogen-bond donors (Lipinski definition) is 3. The third-order valence-corrected chi connectivity index (χ3v) is 2.26. The lowest BCUT2D eigenvalue weighted by Gasteiger charge is -2.16. The van der Waals surface area contributed by atoms with Crippen molar-refractivity contribution in [2.24, 2.45) is 0 Å². The Morgan fingerprint density at radius 3 is 2.65 bits per heavy atom. The second-order valence-corrected chi connectivity index (χ2v) is 3.39. The molecule has 4 N–H and O–H groups in total. The summed E-state index contributed by atoms with van der Waals surface area (Å²) in [6.07, 6.45) is -0.436. The van der Waals surface area contributed by atoms with E-state index >= 15 is 0 Å². The maximum Gasteiger partial charge on any atom is 0.337 e. The van der Waals surface area contributed by atoms with Crippen molar-refractivity contribution in [2.45, 2.75) is 6.29 Å². The molecule has 6 heteroatoms. The summed E-state index contributed by atoms with van der Waals surface area (Å²) >= 11 is 0. The van der Waals surface area contributed by atoms with Crippen molar-refractivity contribution in [3.05, 3.63) is 23.8 Å². The van der Waals surface area contributed by atoms with Crippen LogP contribution in [0.4, 0.5) is 11.4 Å². The van der Waals surface area contributed by atoms with Crippen LogP contribution in [0.5, 0.6) is 0 Å². The van der Waals surface area contributed by atoms with Gasteiger partial charge < -0.3 is 25.6 Å². The molecule has 0 aromatic heterocycles. The SMILES string of the molecule is COC(CNc1ccc(N)cc1C(=O)O)OC. The number of methoxy groups -OCH3 is 2. The minimum Gasteiger partial charge on any atom is -0.478 e. The van der Waals surface area contributed by atoms with Gasteiger partial charge in [0.15, 0.2) is 6.29 Å². The highest BCUT2D eigenvalue weighted by molar-refractivity contribution is 5.95. The van der Waals surface area contributed by atoms with Crippen molar-refractivity contribution in [3.63, 3.8) is 0 Å². The summed E-state index contributed by atoms with van der Waals surface area (Å²) in [6, 6.07) is 4.64. The summed E-state index contributed by atoms with van der Waals surface area (Å²) in [4.78, 5) is 11.0. The molecule has 1 aromatic rings. The molecule has 0 heterocycles. The molecule has 1 rings (SSSR count). The fourth-order valence-corrected chi connectivity index (χ4v) is 1.35. The lowest BCUT2D eigenvalue weighted by molar-refractivity contribution is -0.0914. The van der Waals surface area contributed by atoms with E-state index in [9.17, 15) is 4.79 Å². The van der Waals surface area contributed by atoms with Crippen molar-refractivity contribution in [2.75, 3.05) is 31.8 Å². The van der Waals surface area contributed by atoms with Crippen molar-refractivity contribution in [1.29, 1.82) is 0 Å². The van der Waals surface area contributed by atoms with Gasteiger partial charge in [0.25, 0.3) is 0 Å². The number of aromatic carboxylic acids is 1. The molecule has 0 saturated carbocycles. The molecular formula is C11H16N2O4. The number of carboxylic acids is 1. The number of nitrogens with one attached hydrogen (secondary N) is 1. The van der Waals surface area contributed by atoms with E-state index in [2.05, 4.69) is 5.32 Å². The van der Waals surface area contributed by atoms with Gasteiger partial charge in [0.1, 0.15) is 0 Å². The Labute approximate surface area is 99.3 Å². The average Bonchev–Trinajstić information content (AvgIpc) is 2.31. The van der Waals surface area contributed by atoms with Gasteiger partial charge in [0, 0.05) is 25.6 Å². The van der Waals surface area contributed by atoms with Crippen molar-refractivity contribution < 1.29 is 19.4 Å². The first-order valence-corrected chi connectivity index (χ1v) is 5.00. The van der Waals surface area contributed by atoms with Gasteiger partial charge in [0.2, 0.25) is 0 Å². The third-order valence-electron chi connectivity index (χ3n) is 2.26. The van der Waals surface area contributed by atoms with Crippen LogP contribution in [0.3, 0.4) is 0 Å². The topological polar surface area (TPSA) is 93.8 Å². The molecule has 0 saturated heterocycles. The lowest BCUT2D eigenvalue weighted by Crippen LogP contribution is -2.24. The van der Waals surface area contributed by atoms with Gasteiger partial charge in [-0.15, -0.1) is 0 Å². The summed E-state index contributed by atoms with van der Waals surface area (Å²) in [5, 5.41) is 11.9. The minimum absolute atomic E-state index is 0.121. The molecule has 0 unspecified atom stereocenters. The van der Waals surface area contributed by atoms with Gasteiger partial charge in [0.05, 0.1) is 12.1 Å². The summed E-state index contributed by atoms with van der Waals surface area (Å²) < 4.78 is 9.98. The predicted molar refractivity (Wildman–Crippen MR) is 64.1 cm³/mol.